The molecule has 2 aromatic carbocycles. The van der Waals surface area contributed by atoms with Gasteiger partial charge < -0.3 is 4.74 Å². The highest BCUT2D eigenvalue weighted by Crippen LogP contribution is 2.40. The Morgan fingerprint density at radius 3 is 2.04 bits per heavy atom. The van der Waals surface area contributed by atoms with E-state index in [1.165, 1.54) is 12.1 Å². The molecule has 0 atom stereocenters. The second-order valence-corrected chi connectivity index (χ2v) is 8.59. The van der Waals surface area contributed by atoms with Crippen molar-refractivity contribution in [2.24, 2.45) is 0 Å². The third-order valence-electron chi connectivity index (χ3n) is 5.31. The maximum atomic E-state index is 13.9. The average molecular weight is 403 g/mol. The zero-order valence-corrected chi connectivity index (χ0v) is 17.5. The van der Waals surface area contributed by atoms with Gasteiger partial charge in [-0.05, 0) is 74.6 Å². The van der Waals surface area contributed by atoms with Crippen LogP contribution >= 0.6 is 11.6 Å². The number of halogens is 2. The molecule has 0 bridgehead atoms. The number of hydrogen-bond acceptors (Lipinski definition) is 3. The Morgan fingerprint density at radius 2 is 1.50 bits per heavy atom. The van der Waals surface area contributed by atoms with Crippen molar-refractivity contribution in [1.29, 1.82) is 0 Å². The van der Waals surface area contributed by atoms with Gasteiger partial charge in [0.2, 0.25) is 0 Å². The largest absolute Gasteiger partial charge is 0.354 e. The first-order chi connectivity index (χ1) is 13.0. The summed E-state index contributed by atoms with van der Waals surface area (Å²) in [6.07, 6.45) is 0.670. The van der Waals surface area contributed by atoms with Crippen LogP contribution in [0, 0.1) is 5.82 Å². The Morgan fingerprint density at radius 1 is 0.964 bits per heavy atom. The summed E-state index contributed by atoms with van der Waals surface area (Å²) >= 11 is 5.79. The molecule has 0 aliphatic carbocycles. The highest BCUT2D eigenvalue weighted by molar-refractivity contribution is 6.30. The number of rotatable bonds is 3. The lowest BCUT2D eigenvalue weighted by Gasteiger charge is -2.43. The highest BCUT2D eigenvalue weighted by atomic mass is 35.5. The van der Waals surface area contributed by atoms with Gasteiger partial charge in [-0.3, -0.25) is 9.59 Å². The fourth-order valence-corrected chi connectivity index (χ4v) is 3.99. The number of ether oxygens (including phenoxy) is 1. The van der Waals surface area contributed by atoms with Gasteiger partial charge in [0.1, 0.15) is 22.9 Å². The van der Waals surface area contributed by atoms with Crippen LogP contribution in [0.25, 0.3) is 11.1 Å². The van der Waals surface area contributed by atoms with E-state index in [0.29, 0.717) is 17.5 Å². The summed E-state index contributed by atoms with van der Waals surface area (Å²) in [4.78, 5) is 26.3. The van der Waals surface area contributed by atoms with Crippen LogP contribution in [-0.4, -0.2) is 22.8 Å². The topological polar surface area (TPSA) is 43.4 Å². The van der Waals surface area contributed by atoms with Crippen molar-refractivity contribution in [2.45, 2.75) is 58.2 Å². The van der Waals surface area contributed by atoms with E-state index in [4.69, 9.17) is 16.3 Å². The van der Waals surface area contributed by atoms with Crippen molar-refractivity contribution in [1.82, 2.24) is 0 Å². The summed E-state index contributed by atoms with van der Waals surface area (Å²) in [5.74, 6) is -1.94. The van der Waals surface area contributed by atoms with Crippen LogP contribution in [0.15, 0.2) is 36.4 Å². The molecule has 28 heavy (non-hydrogen) atoms. The SMILES string of the molecule is CCc1ccc(-c2ccc(Cl)c(F)c2)cc1C1C(=O)C(C)(C)OC(C)(C)C1=O. The zero-order valence-electron chi connectivity index (χ0n) is 16.7. The number of aryl methyl sites for hydroxylation is 1. The standard InChI is InChI=1S/C23H24ClFO3/c1-6-13-7-8-14(15-9-10-17(24)18(25)12-15)11-16(13)19-20(26)22(2,3)28-23(4,5)21(19)27/h7-12,19H,6H2,1-5H3. The van der Waals surface area contributed by atoms with Gasteiger partial charge in [-0.2, -0.15) is 0 Å². The zero-order chi connectivity index (χ0) is 20.9. The Hall–Kier alpha value is -2.04. The molecule has 3 nitrogen and oxygen atoms in total. The molecular formula is C23H24ClFO3. The van der Waals surface area contributed by atoms with Crippen LogP contribution < -0.4 is 0 Å². The minimum absolute atomic E-state index is 0.0486. The monoisotopic (exact) mass is 402 g/mol. The summed E-state index contributed by atoms with van der Waals surface area (Å²) in [6, 6.07) is 10.2. The van der Waals surface area contributed by atoms with E-state index in [-0.39, 0.29) is 16.6 Å². The fourth-order valence-electron chi connectivity index (χ4n) is 3.88. The van der Waals surface area contributed by atoms with Crippen molar-refractivity contribution in [2.75, 3.05) is 0 Å². The number of carbonyl (C=O) groups is 2. The Balaban J connectivity index is 2.18. The van der Waals surface area contributed by atoms with Gasteiger partial charge in [-0.15, -0.1) is 0 Å². The van der Waals surface area contributed by atoms with Crippen LogP contribution in [0.3, 0.4) is 0 Å². The van der Waals surface area contributed by atoms with Crippen molar-refractivity contribution in [3.63, 3.8) is 0 Å². The van der Waals surface area contributed by atoms with Gasteiger partial charge in [0.15, 0.2) is 11.6 Å². The van der Waals surface area contributed by atoms with E-state index in [1.54, 1.807) is 33.8 Å². The molecule has 5 heteroatoms. The number of hydrogen-bond donors (Lipinski definition) is 0. The predicted molar refractivity (Wildman–Crippen MR) is 108 cm³/mol. The molecule has 0 amide bonds. The lowest BCUT2D eigenvalue weighted by Crippen LogP contribution is -2.58. The molecule has 2 aromatic rings. The molecule has 0 spiro atoms. The van der Waals surface area contributed by atoms with Crippen molar-refractivity contribution in [3.8, 4) is 11.1 Å². The summed E-state index contributed by atoms with van der Waals surface area (Å²) < 4.78 is 19.7. The summed E-state index contributed by atoms with van der Waals surface area (Å²) in [7, 11) is 0. The van der Waals surface area contributed by atoms with Crippen LogP contribution in [0.1, 0.15) is 51.7 Å². The molecular weight excluding hydrogens is 379 g/mol. The van der Waals surface area contributed by atoms with Gasteiger partial charge in [0, 0.05) is 0 Å². The van der Waals surface area contributed by atoms with Crippen LogP contribution in [0.2, 0.25) is 5.02 Å². The minimum Gasteiger partial charge on any atom is -0.354 e. The third-order valence-corrected chi connectivity index (χ3v) is 5.62. The molecule has 0 saturated carbocycles. The number of carbonyl (C=O) groups excluding carboxylic acids is 2. The number of benzene rings is 2. The van der Waals surface area contributed by atoms with Gasteiger partial charge in [-0.1, -0.05) is 36.7 Å². The maximum Gasteiger partial charge on any atom is 0.179 e. The van der Waals surface area contributed by atoms with Gasteiger partial charge >= 0.3 is 0 Å². The van der Waals surface area contributed by atoms with Gasteiger partial charge in [-0.25, -0.2) is 4.39 Å². The van der Waals surface area contributed by atoms with E-state index in [1.807, 2.05) is 25.1 Å². The minimum atomic E-state index is -1.07. The first kappa shape index (κ1) is 20.7. The van der Waals surface area contributed by atoms with Crippen molar-refractivity contribution >= 4 is 23.2 Å². The Labute approximate surface area is 169 Å². The molecule has 0 aromatic heterocycles. The van der Waals surface area contributed by atoms with Crippen molar-refractivity contribution < 1.29 is 18.7 Å². The molecule has 1 saturated heterocycles. The van der Waals surface area contributed by atoms with E-state index in [2.05, 4.69) is 0 Å². The second-order valence-electron chi connectivity index (χ2n) is 8.18. The smallest absolute Gasteiger partial charge is 0.179 e. The molecule has 1 heterocycles. The summed E-state index contributed by atoms with van der Waals surface area (Å²) in [5, 5.41) is 0.0486. The molecule has 1 aliphatic heterocycles. The first-order valence-electron chi connectivity index (χ1n) is 9.35. The predicted octanol–water partition coefficient (Wildman–Crippen LogP) is 5.52. The molecule has 0 radical (unpaired) electrons. The van der Waals surface area contributed by atoms with Gasteiger partial charge in [0.25, 0.3) is 0 Å². The molecule has 0 N–H and O–H groups in total. The lowest BCUT2D eigenvalue weighted by atomic mass is 9.73. The lowest BCUT2D eigenvalue weighted by molar-refractivity contribution is -0.184. The quantitative estimate of drug-likeness (QED) is 0.635. The van der Waals surface area contributed by atoms with E-state index in [9.17, 15) is 14.0 Å². The molecule has 148 valence electrons. The highest BCUT2D eigenvalue weighted by Gasteiger charge is 2.53. The average Bonchev–Trinajstić information content (AvgIpc) is 2.62. The Bertz CT molecular complexity index is 936. The van der Waals surface area contributed by atoms with Crippen molar-refractivity contribution in [3.05, 3.63) is 58.4 Å². The first-order valence-corrected chi connectivity index (χ1v) is 9.73. The molecule has 3 rings (SSSR count). The van der Waals surface area contributed by atoms with Gasteiger partial charge in [0.05, 0.1) is 5.02 Å². The van der Waals surface area contributed by atoms with E-state index < -0.39 is 22.9 Å². The van der Waals surface area contributed by atoms with E-state index in [0.717, 1.165) is 11.1 Å². The molecule has 1 fully saturated rings. The molecule has 0 unspecified atom stereocenters. The second kappa shape index (κ2) is 7.09. The van der Waals surface area contributed by atoms with E-state index >= 15 is 0 Å². The molecule has 1 aliphatic rings. The summed E-state index contributed by atoms with van der Waals surface area (Å²) in [5.41, 5.74) is 0.792. The number of Topliss-reactive ketones (excluding diaryl/α,β-unsaturated/α-hetero) is 2. The Kier molecular flexibility index (Phi) is 5.24. The van der Waals surface area contributed by atoms with Crippen LogP contribution in [0.5, 0.6) is 0 Å². The third kappa shape index (κ3) is 3.51. The maximum absolute atomic E-state index is 13.9. The summed E-state index contributed by atoms with van der Waals surface area (Å²) in [6.45, 7) is 8.76. The fraction of sp³-hybridized carbons (Fsp3) is 0.391. The van der Waals surface area contributed by atoms with Crippen LogP contribution in [0.4, 0.5) is 4.39 Å². The van der Waals surface area contributed by atoms with Crippen LogP contribution in [-0.2, 0) is 20.7 Å². The normalized spacial score (nSPS) is 19.1. The number of ketones is 2.